The molecular formula is C30H47N3O3. The molecule has 1 aromatic heterocycles. The molecule has 1 amide bonds. The number of amides is 1. The van der Waals surface area contributed by atoms with Crippen molar-refractivity contribution in [3.05, 3.63) is 59.0 Å². The molecule has 6 heteroatoms. The number of allylic oxidation sites excluding steroid dienone is 5. The van der Waals surface area contributed by atoms with Gasteiger partial charge in [-0.15, -0.1) is 11.7 Å². The number of rotatable bonds is 9. The molecular weight excluding hydrogens is 450 g/mol. The Morgan fingerprint density at radius 2 is 1.58 bits per heavy atom. The van der Waals surface area contributed by atoms with Crippen molar-refractivity contribution in [2.75, 3.05) is 13.1 Å². The van der Waals surface area contributed by atoms with Crippen molar-refractivity contribution >= 4 is 17.5 Å². The number of hydrogen-bond acceptors (Lipinski definition) is 5. The molecule has 1 aromatic rings. The molecule has 0 saturated carbocycles. The van der Waals surface area contributed by atoms with Crippen LogP contribution in [0.2, 0.25) is 0 Å². The highest BCUT2D eigenvalue weighted by Crippen LogP contribution is 2.22. The van der Waals surface area contributed by atoms with Gasteiger partial charge in [0.1, 0.15) is 5.69 Å². The summed E-state index contributed by atoms with van der Waals surface area (Å²) in [4.78, 5) is 37.2. The quantitative estimate of drug-likeness (QED) is 0.164. The molecule has 2 heterocycles. The lowest BCUT2D eigenvalue weighted by molar-refractivity contribution is -0.132. The number of ketones is 2. The Morgan fingerprint density at radius 3 is 2.03 bits per heavy atom. The molecule has 6 nitrogen and oxygen atoms in total. The molecule has 1 aliphatic heterocycles. The summed E-state index contributed by atoms with van der Waals surface area (Å²) in [5, 5.41) is 8.11. The minimum absolute atomic E-state index is 0.0498. The second kappa shape index (κ2) is 18.4. The standard InChI is InChI=1S/C19H27N3O2.C9H14O.C2H6/c1-4-16-8-9-17(21-20-16)19(24)15-10-12-22(13-11-15)18(23)7-5-6-14(2)3;1-7(2)5-6-8(3)9(4)10;1-2/h8-9,15H,2,4-7,10-13H2,1,3H3;5-6H,1-4H3;1-2H3/b;8-6+;. The van der Waals surface area contributed by atoms with Crippen molar-refractivity contribution in [3.8, 4) is 0 Å². The van der Waals surface area contributed by atoms with Gasteiger partial charge in [0.05, 0.1) is 5.69 Å². The first kappa shape index (κ1) is 33.1. The van der Waals surface area contributed by atoms with E-state index in [0.29, 0.717) is 38.0 Å². The average molecular weight is 498 g/mol. The van der Waals surface area contributed by atoms with Crippen LogP contribution in [0, 0.1) is 5.92 Å². The fourth-order valence-corrected chi connectivity index (χ4v) is 3.39. The van der Waals surface area contributed by atoms with Gasteiger partial charge in [-0.05, 0) is 84.4 Å². The third kappa shape index (κ3) is 13.3. The number of carbonyl (C=O) groups excluding carboxylic acids is 3. The molecule has 36 heavy (non-hydrogen) atoms. The second-order valence-electron chi connectivity index (χ2n) is 9.24. The number of aromatic nitrogens is 2. The van der Waals surface area contributed by atoms with Crippen molar-refractivity contribution < 1.29 is 14.4 Å². The van der Waals surface area contributed by atoms with E-state index in [1.807, 2.05) is 71.6 Å². The molecule has 0 unspecified atom stereocenters. The van der Waals surface area contributed by atoms with Gasteiger partial charge in [-0.3, -0.25) is 14.4 Å². The Bertz CT molecular complexity index is 902. The van der Waals surface area contributed by atoms with Gasteiger partial charge in [0.25, 0.3) is 0 Å². The SMILES string of the molecule is C=C(C)CCCC(=O)N1CCC(C(=O)c2ccc(CC)nn2)CC1.CC.CC(=O)/C(C)=C/C=C(C)C. The lowest BCUT2D eigenvalue weighted by Crippen LogP contribution is -2.40. The Hall–Kier alpha value is -2.89. The first-order valence-corrected chi connectivity index (χ1v) is 13.2. The molecule has 0 atom stereocenters. The summed E-state index contributed by atoms with van der Waals surface area (Å²) < 4.78 is 0. The first-order chi connectivity index (χ1) is 17.0. The maximum absolute atomic E-state index is 12.5. The van der Waals surface area contributed by atoms with Crippen LogP contribution in [0.5, 0.6) is 0 Å². The Balaban J connectivity index is 0.000000861. The lowest BCUT2D eigenvalue weighted by Gasteiger charge is -2.31. The molecule has 0 aliphatic carbocycles. The van der Waals surface area contributed by atoms with Crippen LogP contribution in [0.15, 0.2) is 47.6 Å². The van der Waals surface area contributed by atoms with Crippen LogP contribution in [-0.4, -0.2) is 45.7 Å². The smallest absolute Gasteiger partial charge is 0.222 e. The van der Waals surface area contributed by atoms with E-state index in [4.69, 9.17) is 0 Å². The lowest BCUT2D eigenvalue weighted by atomic mass is 9.90. The molecule has 200 valence electrons. The monoisotopic (exact) mass is 497 g/mol. The Morgan fingerprint density at radius 1 is 0.972 bits per heavy atom. The van der Waals surface area contributed by atoms with Crippen molar-refractivity contribution in [2.45, 2.75) is 93.9 Å². The van der Waals surface area contributed by atoms with E-state index in [0.717, 1.165) is 36.1 Å². The van der Waals surface area contributed by atoms with Crippen molar-refractivity contribution in [3.63, 3.8) is 0 Å². The number of Topliss-reactive ketones (excluding diaryl/α,β-unsaturated/α-hetero) is 2. The fourth-order valence-electron chi connectivity index (χ4n) is 3.39. The van der Waals surface area contributed by atoms with E-state index in [9.17, 15) is 14.4 Å². The average Bonchev–Trinajstić information content (AvgIpc) is 2.88. The number of nitrogens with zero attached hydrogens (tertiary/aromatic N) is 3. The highest BCUT2D eigenvalue weighted by Gasteiger charge is 2.28. The molecule has 2 rings (SSSR count). The summed E-state index contributed by atoms with van der Waals surface area (Å²) in [6.07, 6.45) is 8.33. The van der Waals surface area contributed by atoms with E-state index in [2.05, 4.69) is 16.8 Å². The Labute approximate surface area is 219 Å². The molecule has 0 bridgehead atoms. The topological polar surface area (TPSA) is 80.2 Å². The van der Waals surface area contributed by atoms with Gasteiger partial charge in [0, 0.05) is 25.4 Å². The number of likely N-dealkylation sites (tertiary alicyclic amines) is 1. The Kier molecular flexibility index (Phi) is 16.9. The number of piperidine rings is 1. The maximum Gasteiger partial charge on any atom is 0.222 e. The van der Waals surface area contributed by atoms with E-state index in [1.165, 1.54) is 5.57 Å². The van der Waals surface area contributed by atoms with Crippen LogP contribution < -0.4 is 0 Å². The molecule has 0 spiro atoms. The van der Waals surface area contributed by atoms with Crippen LogP contribution in [-0.2, 0) is 16.0 Å². The summed E-state index contributed by atoms with van der Waals surface area (Å²) >= 11 is 0. The molecule has 0 radical (unpaired) electrons. The van der Waals surface area contributed by atoms with Crippen LogP contribution in [0.4, 0.5) is 0 Å². The zero-order valence-electron chi connectivity index (χ0n) is 23.8. The zero-order chi connectivity index (χ0) is 27.7. The second-order valence-corrected chi connectivity index (χ2v) is 9.24. The van der Waals surface area contributed by atoms with Gasteiger partial charge >= 0.3 is 0 Å². The largest absolute Gasteiger partial charge is 0.343 e. The van der Waals surface area contributed by atoms with Crippen molar-refractivity contribution in [1.29, 1.82) is 0 Å². The van der Waals surface area contributed by atoms with Gasteiger partial charge in [-0.25, -0.2) is 0 Å². The van der Waals surface area contributed by atoms with Gasteiger partial charge in [0.2, 0.25) is 5.91 Å². The molecule has 1 saturated heterocycles. The van der Waals surface area contributed by atoms with E-state index >= 15 is 0 Å². The molecule has 1 aliphatic rings. The molecule has 0 aromatic carbocycles. The number of hydrogen-bond donors (Lipinski definition) is 0. The summed E-state index contributed by atoms with van der Waals surface area (Å²) in [6, 6.07) is 3.63. The molecule has 1 fully saturated rings. The summed E-state index contributed by atoms with van der Waals surface area (Å²) in [5.74, 6) is 0.331. The minimum atomic E-state index is -0.0498. The van der Waals surface area contributed by atoms with Crippen molar-refractivity contribution in [2.24, 2.45) is 5.92 Å². The van der Waals surface area contributed by atoms with Gasteiger partial charge in [-0.1, -0.05) is 44.1 Å². The molecule has 0 N–H and O–H groups in total. The van der Waals surface area contributed by atoms with Crippen molar-refractivity contribution in [1.82, 2.24) is 15.1 Å². The highest BCUT2D eigenvalue weighted by molar-refractivity contribution is 5.96. The summed E-state index contributed by atoms with van der Waals surface area (Å²) in [7, 11) is 0. The van der Waals surface area contributed by atoms with Gasteiger partial charge < -0.3 is 4.90 Å². The van der Waals surface area contributed by atoms with Crippen LogP contribution in [0.25, 0.3) is 0 Å². The van der Waals surface area contributed by atoms with E-state index in [-0.39, 0.29) is 23.4 Å². The minimum Gasteiger partial charge on any atom is -0.343 e. The number of aryl methyl sites for hydroxylation is 1. The highest BCUT2D eigenvalue weighted by atomic mass is 16.2. The van der Waals surface area contributed by atoms with E-state index < -0.39 is 0 Å². The summed E-state index contributed by atoms with van der Waals surface area (Å²) in [5.41, 5.74) is 4.46. The van der Waals surface area contributed by atoms with Gasteiger partial charge in [0.15, 0.2) is 11.6 Å². The van der Waals surface area contributed by atoms with E-state index in [1.54, 1.807) is 13.0 Å². The predicted molar refractivity (Wildman–Crippen MR) is 149 cm³/mol. The first-order valence-electron chi connectivity index (χ1n) is 13.2. The van der Waals surface area contributed by atoms with Gasteiger partial charge in [-0.2, -0.15) is 5.10 Å². The third-order valence-electron chi connectivity index (χ3n) is 5.77. The normalized spacial score (nSPS) is 13.4. The maximum atomic E-state index is 12.5. The number of carbonyl (C=O) groups is 3. The van der Waals surface area contributed by atoms with Crippen LogP contribution in [0.1, 0.15) is 104 Å². The zero-order valence-corrected chi connectivity index (χ0v) is 23.8. The van der Waals surface area contributed by atoms with Crippen LogP contribution >= 0.6 is 0 Å². The third-order valence-corrected chi connectivity index (χ3v) is 5.77. The van der Waals surface area contributed by atoms with Crippen LogP contribution in [0.3, 0.4) is 0 Å². The predicted octanol–water partition coefficient (Wildman–Crippen LogP) is 6.72. The summed E-state index contributed by atoms with van der Waals surface area (Å²) in [6.45, 7) is 20.6. The fraction of sp³-hybridized carbons (Fsp3) is 0.567.